The van der Waals surface area contributed by atoms with Crippen LogP contribution in [-0.2, 0) is 22.6 Å². The van der Waals surface area contributed by atoms with Crippen LogP contribution >= 0.6 is 34.5 Å². The van der Waals surface area contributed by atoms with Gasteiger partial charge >= 0.3 is 0 Å². The first-order valence-corrected chi connectivity index (χ1v) is 24.1. The van der Waals surface area contributed by atoms with Crippen LogP contribution < -0.4 is 18.9 Å². The molecule has 4 bridgehead atoms. The molecule has 0 spiro atoms. The smallest absolute Gasteiger partial charge is 0.226 e. The molecule has 1 saturated heterocycles. The molecule has 65 heavy (non-hydrogen) atoms. The van der Waals surface area contributed by atoms with E-state index in [9.17, 15) is 4.79 Å². The summed E-state index contributed by atoms with van der Waals surface area (Å²) in [5.41, 5.74) is 4.64. The Balaban J connectivity index is 1.09. The van der Waals surface area contributed by atoms with Gasteiger partial charge in [0.15, 0.2) is 18.1 Å². The molecule has 10 rings (SSSR count). The summed E-state index contributed by atoms with van der Waals surface area (Å²) < 4.78 is 46.9. The number of allylic oxidation sites excluding steroid dienone is 2. The molecule has 6 heterocycles. The molecule has 5 aliphatic rings. The monoisotopic (exact) mass is 944 g/mol. The molecule has 344 valence electrons. The summed E-state index contributed by atoms with van der Waals surface area (Å²) in [6, 6.07) is 7.40. The lowest BCUT2D eigenvalue weighted by molar-refractivity contribution is -0.113. The average molecular weight is 946 g/mol. The summed E-state index contributed by atoms with van der Waals surface area (Å²) in [5, 5.41) is 1.53. The van der Waals surface area contributed by atoms with Crippen molar-refractivity contribution in [3.63, 3.8) is 0 Å². The summed E-state index contributed by atoms with van der Waals surface area (Å²) in [6.45, 7) is 8.65. The Morgan fingerprint density at radius 3 is 2.52 bits per heavy atom. The van der Waals surface area contributed by atoms with E-state index in [4.69, 9.17) is 56.9 Å². The van der Waals surface area contributed by atoms with Gasteiger partial charge in [-0.25, -0.2) is 24.3 Å². The summed E-state index contributed by atoms with van der Waals surface area (Å²) in [6.07, 6.45) is 10.0. The first-order valence-electron chi connectivity index (χ1n) is 22.5. The number of methoxy groups -OCH3 is 1. The molecule has 2 atom stereocenters. The summed E-state index contributed by atoms with van der Waals surface area (Å²) in [4.78, 5) is 38.5. The Kier molecular flexibility index (Phi) is 13.9. The van der Waals surface area contributed by atoms with Crippen LogP contribution in [-0.4, -0.2) is 114 Å². The third-order valence-corrected chi connectivity index (χ3v) is 15.3. The lowest BCUT2D eigenvalue weighted by atomic mass is 9.80. The predicted octanol–water partition coefficient (Wildman–Crippen LogP) is 9.81. The zero-order valence-electron chi connectivity index (χ0n) is 37.3. The van der Waals surface area contributed by atoms with Crippen molar-refractivity contribution in [3.05, 3.63) is 86.0 Å². The van der Waals surface area contributed by atoms with E-state index in [0.29, 0.717) is 82.0 Å². The van der Waals surface area contributed by atoms with Crippen LogP contribution in [0.2, 0.25) is 10.0 Å². The van der Waals surface area contributed by atoms with Crippen LogP contribution in [0, 0.1) is 13.8 Å². The fourth-order valence-corrected chi connectivity index (χ4v) is 11.3. The lowest BCUT2D eigenvalue weighted by Crippen LogP contribution is -2.49. The molecule has 2 aromatic carbocycles. The van der Waals surface area contributed by atoms with Crippen LogP contribution in [0.3, 0.4) is 0 Å². The van der Waals surface area contributed by atoms with E-state index in [1.807, 2.05) is 38.1 Å². The maximum Gasteiger partial charge on any atom is 0.226 e. The first kappa shape index (κ1) is 45.7. The fourth-order valence-electron chi connectivity index (χ4n) is 9.61. The number of fused-ring (bicyclic) bond motifs is 7. The number of carbonyl (C=O) groups is 1. The van der Waals surface area contributed by atoms with Gasteiger partial charge < -0.3 is 28.6 Å². The molecule has 0 amide bonds. The molecular weight excluding hydrogens is 891 g/mol. The SMILES string of the molecule is COCC1(F)CCC(c2nccc(COc3ccc4cc3CC(C=O)Oc3ncnc5sc(C6=CCCC6)c(c35)-c3c(C)c(Cl)c(c(Cl)c3C)O[C@H](CN3CCN(C)CC3)CO4)n2)CC1. The van der Waals surface area contributed by atoms with Gasteiger partial charge in [0.1, 0.15) is 53.5 Å². The van der Waals surface area contributed by atoms with E-state index in [2.05, 4.69) is 32.9 Å². The van der Waals surface area contributed by atoms with E-state index in [-0.39, 0.29) is 38.0 Å². The van der Waals surface area contributed by atoms with E-state index >= 15 is 4.39 Å². The van der Waals surface area contributed by atoms with Gasteiger partial charge in [0.05, 0.1) is 27.7 Å². The highest BCUT2D eigenvalue weighted by atomic mass is 35.5. The molecule has 3 aliphatic heterocycles. The van der Waals surface area contributed by atoms with Gasteiger partial charge in [0, 0.05) is 74.4 Å². The van der Waals surface area contributed by atoms with Crippen molar-refractivity contribution < 1.29 is 32.9 Å². The molecule has 2 fully saturated rings. The zero-order chi connectivity index (χ0) is 45.2. The minimum absolute atomic E-state index is 0.0447. The number of piperazine rings is 1. The molecule has 1 unspecified atom stereocenters. The Labute approximate surface area is 393 Å². The Morgan fingerprint density at radius 2 is 1.80 bits per heavy atom. The van der Waals surface area contributed by atoms with Crippen LogP contribution in [0.15, 0.2) is 42.9 Å². The summed E-state index contributed by atoms with van der Waals surface area (Å²) in [5.74, 6) is 2.52. The summed E-state index contributed by atoms with van der Waals surface area (Å²) in [7, 11) is 3.67. The molecule has 3 aromatic heterocycles. The minimum atomic E-state index is -1.32. The highest BCUT2D eigenvalue weighted by molar-refractivity contribution is 7.20. The quantitative estimate of drug-likeness (QED) is 0.124. The number of thiophene rings is 1. The van der Waals surface area contributed by atoms with Gasteiger partial charge in [0.2, 0.25) is 5.88 Å². The highest BCUT2D eigenvalue weighted by Crippen LogP contribution is 2.53. The minimum Gasteiger partial charge on any atom is -0.490 e. The van der Waals surface area contributed by atoms with Gasteiger partial charge in [-0.15, -0.1) is 11.3 Å². The van der Waals surface area contributed by atoms with Gasteiger partial charge in [-0.3, -0.25) is 9.69 Å². The number of rotatable bonds is 10. The number of aldehydes is 1. The van der Waals surface area contributed by atoms with Crippen LogP contribution in [0.1, 0.15) is 83.9 Å². The molecule has 1 saturated carbocycles. The second kappa shape index (κ2) is 19.8. The maximum atomic E-state index is 15.2. The molecule has 12 nitrogen and oxygen atoms in total. The van der Waals surface area contributed by atoms with Crippen molar-refractivity contribution in [2.24, 2.45) is 0 Å². The van der Waals surface area contributed by atoms with Crippen molar-refractivity contribution in [3.8, 4) is 34.3 Å². The van der Waals surface area contributed by atoms with Crippen molar-refractivity contribution in [1.29, 1.82) is 0 Å². The number of aromatic nitrogens is 4. The fraction of sp³-hybridized carbons (Fsp3) is 0.490. The van der Waals surface area contributed by atoms with Gasteiger partial charge in [-0.05, 0) is 112 Å². The number of likely N-dealkylation sites (N-methyl/N-ethyl adjacent to an activating group) is 1. The van der Waals surface area contributed by atoms with Crippen molar-refractivity contribution in [1.82, 2.24) is 29.7 Å². The zero-order valence-corrected chi connectivity index (χ0v) is 39.7. The molecular formula is C49H55Cl2FN6O6S. The van der Waals surface area contributed by atoms with Crippen LogP contribution in [0.25, 0.3) is 26.9 Å². The Hall–Kier alpha value is -4.44. The second-order valence-corrected chi connectivity index (χ2v) is 19.6. The number of alkyl halides is 1. The van der Waals surface area contributed by atoms with E-state index in [0.717, 1.165) is 83.7 Å². The third-order valence-electron chi connectivity index (χ3n) is 13.2. The topological polar surface area (TPSA) is 121 Å². The third kappa shape index (κ3) is 9.85. The largest absolute Gasteiger partial charge is 0.490 e. The van der Waals surface area contributed by atoms with E-state index in [1.165, 1.54) is 19.0 Å². The van der Waals surface area contributed by atoms with E-state index < -0.39 is 17.9 Å². The van der Waals surface area contributed by atoms with Gasteiger partial charge in [-0.1, -0.05) is 29.3 Å². The Bertz CT molecular complexity index is 2550. The molecule has 2 aliphatic carbocycles. The number of halogens is 3. The van der Waals surface area contributed by atoms with Gasteiger partial charge in [-0.2, -0.15) is 0 Å². The second-order valence-electron chi connectivity index (χ2n) is 17.8. The Morgan fingerprint density at radius 1 is 1.02 bits per heavy atom. The molecule has 5 aromatic rings. The number of ether oxygens (including phenoxy) is 5. The van der Waals surface area contributed by atoms with Crippen LogP contribution in [0.5, 0.6) is 23.1 Å². The normalized spacial score (nSPS) is 23.1. The highest BCUT2D eigenvalue weighted by Gasteiger charge is 2.37. The average Bonchev–Trinajstić information content (AvgIpc) is 3.99. The lowest BCUT2D eigenvalue weighted by Gasteiger charge is -2.35. The number of hydrogen-bond acceptors (Lipinski definition) is 13. The van der Waals surface area contributed by atoms with Crippen molar-refractivity contribution >= 4 is 56.6 Å². The molecule has 0 radical (unpaired) electrons. The maximum absolute atomic E-state index is 15.2. The molecule has 0 N–H and O–H groups in total. The first-order chi connectivity index (χ1) is 31.5. The van der Waals surface area contributed by atoms with Crippen molar-refractivity contribution in [2.45, 2.75) is 95.6 Å². The number of benzene rings is 2. The molecule has 16 heteroatoms. The van der Waals surface area contributed by atoms with Crippen molar-refractivity contribution in [2.75, 3.05) is 60.1 Å². The number of nitrogens with zero attached hydrogens (tertiary/aromatic N) is 6. The van der Waals surface area contributed by atoms with E-state index in [1.54, 1.807) is 17.5 Å². The summed E-state index contributed by atoms with van der Waals surface area (Å²) >= 11 is 16.3. The predicted molar refractivity (Wildman–Crippen MR) is 252 cm³/mol. The van der Waals surface area contributed by atoms with Gasteiger partial charge in [0.25, 0.3) is 0 Å². The number of carbonyl (C=O) groups excluding carboxylic acids is 1. The standard InChI is InChI=1S/C49H55Cl2FN6O6S/c1-29-39-30(2)43(51)44(42(29)50)63-37(23-58-19-17-57(3)18-20-58)26-61-35-9-10-38(62-25-34-13-16-53-46(56-34)32-11-14-49(52,15-12-32)27-60-4)33(21-35)22-36(24-59)64-47-41-40(39)45(31-7-5-6-8-31)65-48(41)55-28-54-47/h7,9-10,13,16,21,24,28,32,36-37H,5-6,8,11-12,14-15,17-20,22-23,25-27H2,1-4H3/t32?,36?,37-,49?/m1/s1. The van der Waals surface area contributed by atoms with Crippen LogP contribution in [0.4, 0.5) is 4.39 Å². The number of hydrogen-bond donors (Lipinski definition) is 0.